The molecule has 0 radical (unpaired) electrons. The van der Waals surface area contributed by atoms with E-state index in [1.807, 2.05) is 0 Å². The molecule has 2 N–H and O–H groups in total. The van der Waals surface area contributed by atoms with Gasteiger partial charge in [0.25, 0.3) is 10.0 Å². The summed E-state index contributed by atoms with van der Waals surface area (Å²) in [6.07, 6.45) is 4.56. The van der Waals surface area contributed by atoms with Crippen LogP contribution in [0.25, 0.3) is 0 Å². The van der Waals surface area contributed by atoms with Gasteiger partial charge in [0.1, 0.15) is 4.21 Å². The van der Waals surface area contributed by atoms with Crippen LogP contribution in [-0.4, -0.2) is 50.3 Å². The van der Waals surface area contributed by atoms with Gasteiger partial charge in [0.2, 0.25) is 0 Å². The van der Waals surface area contributed by atoms with Gasteiger partial charge >= 0.3 is 0 Å². The van der Waals surface area contributed by atoms with E-state index in [1.54, 1.807) is 15.8 Å². The third-order valence-electron chi connectivity index (χ3n) is 4.48. The average molecular weight is 329 g/mol. The fourth-order valence-electron chi connectivity index (χ4n) is 3.26. The van der Waals surface area contributed by atoms with Crippen LogP contribution in [0.2, 0.25) is 0 Å². The van der Waals surface area contributed by atoms with Crippen molar-refractivity contribution in [2.24, 2.45) is 5.92 Å². The van der Waals surface area contributed by atoms with Gasteiger partial charge in [-0.15, -0.1) is 11.3 Å². The zero-order valence-corrected chi connectivity index (χ0v) is 13.8. The number of nitrogen functional groups attached to an aromatic ring is 1. The van der Waals surface area contributed by atoms with E-state index in [0.717, 1.165) is 19.4 Å². The van der Waals surface area contributed by atoms with Crippen molar-refractivity contribution in [2.75, 3.05) is 38.5 Å². The SMILES string of the molecule is Nc1csc(S(=O)(=O)N2CCC(CN3CCCC3)CC2)c1. The predicted molar refractivity (Wildman–Crippen MR) is 85.9 cm³/mol. The first kappa shape index (κ1) is 15.3. The Morgan fingerprint density at radius 2 is 1.86 bits per heavy atom. The molecule has 7 heteroatoms. The van der Waals surface area contributed by atoms with Crippen molar-refractivity contribution in [3.63, 3.8) is 0 Å². The maximum absolute atomic E-state index is 12.5. The molecule has 5 nitrogen and oxygen atoms in total. The Morgan fingerprint density at radius 1 is 1.19 bits per heavy atom. The Labute approximate surface area is 130 Å². The highest BCUT2D eigenvalue weighted by molar-refractivity contribution is 7.91. The van der Waals surface area contributed by atoms with Crippen LogP contribution in [0.3, 0.4) is 0 Å². The zero-order valence-electron chi connectivity index (χ0n) is 12.2. The van der Waals surface area contributed by atoms with E-state index >= 15 is 0 Å². The molecule has 1 aromatic heterocycles. The molecule has 0 atom stereocenters. The first-order valence-electron chi connectivity index (χ1n) is 7.62. The monoisotopic (exact) mass is 329 g/mol. The van der Waals surface area contributed by atoms with E-state index < -0.39 is 10.0 Å². The van der Waals surface area contributed by atoms with E-state index in [4.69, 9.17) is 5.73 Å². The molecule has 0 amide bonds. The molecule has 0 aromatic carbocycles. The molecular weight excluding hydrogens is 306 g/mol. The van der Waals surface area contributed by atoms with E-state index in [1.165, 1.54) is 37.3 Å². The van der Waals surface area contributed by atoms with E-state index in [0.29, 0.717) is 28.9 Å². The van der Waals surface area contributed by atoms with E-state index in [2.05, 4.69) is 4.90 Å². The van der Waals surface area contributed by atoms with Gasteiger partial charge in [-0.2, -0.15) is 4.31 Å². The van der Waals surface area contributed by atoms with Gasteiger partial charge in [-0.3, -0.25) is 0 Å². The summed E-state index contributed by atoms with van der Waals surface area (Å²) in [5.41, 5.74) is 6.17. The largest absolute Gasteiger partial charge is 0.398 e. The molecule has 0 aliphatic carbocycles. The van der Waals surface area contributed by atoms with Crippen molar-refractivity contribution in [2.45, 2.75) is 29.9 Å². The second kappa shape index (κ2) is 6.24. The van der Waals surface area contributed by atoms with Crippen molar-refractivity contribution in [3.8, 4) is 0 Å². The van der Waals surface area contributed by atoms with Crippen molar-refractivity contribution in [1.29, 1.82) is 0 Å². The van der Waals surface area contributed by atoms with Crippen LogP contribution < -0.4 is 5.73 Å². The molecule has 0 bridgehead atoms. The molecule has 0 spiro atoms. The van der Waals surface area contributed by atoms with Crippen molar-refractivity contribution in [3.05, 3.63) is 11.4 Å². The third-order valence-corrected chi connectivity index (χ3v) is 7.81. The summed E-state index contributed by atoms with van der Waals surface area (Å²) in [6, 6.07) is 1.57. The third kappa shape index (κ3) is 3.41. The quantitative estimate of drug-likeness (QED) is 0.915. The highest BCUT2D eigenvalue weighted by Crippen LogP contribution is 2.29. The molecule has 0 saturated carbocycles. The van der Waals surface area contributed by atoms with Crippen molar-refractivity contribution in [1.82, 2.24) is 9.21 Å². The lowest BCUT2D eigenvalue weighted by molar-refractivity contribution is 0.206. The van der Waals surface area contributed by atoms with Gasteiger partial charge in [-0.05, 0) is 50.8 Å². The number of nitrogens with zero attached hydrogens (tertiary/aromatic N) is 2. The maximum Gasteiger partial charge on any atom is 0.252 e. The van der Waals surface area contributed by atoms with Crippen LogP contribution in [0.5, 0.6) is 0 Å². The second-order valence-electron chi connectivity index (χ2n) is 6.05. The molecule has 1 aromatic rings. The number of thiophene rings is 1. The summed E-state index contributed by atoms with van der Waals surface area (Å²) < 4.78 is 27.0. The lowest BCUT2D eigenvalue weighted by Gasteiger charge is -2.32. The number of anilines is 1. The lowest BCUT2D eigenvalue weighted by atomic mass is 9.98. The number of hydrogen-bond donors (Lipinski definition) is 1. The summed E-state index contributed by atoms with van der Waals surface area (Å²) >= 11 is 1.21. The molecule has 3 heterocycles. The van der Waals surface area contributed by atoms with E-state index in [9.17, 15) is 8.42 Å². The van der Waals surface area contributed by atoms with Crippen LogP contribution >= 0.6 is 11.3 Å². The predicted octanol–water partition coefficient (Wildman–Crippen LogP) is 1.83. The number of sulfonamides is 1. The minimum Gasteiger partial charge on any atom is -0.398 e. The van der Waals surface area contributed by atoms with Gasteiger partial charge in [0.05, 0.1) is 0 Å². The Bertz CT molecular complexity index is 571. The van der Waals surface area contributed by atoms with Crippen LogP contribution in [0.4, 0.5) is 5.69 Å². The summed E-state index contributed by atoms with van der Waals surface area (Å²) in [5, 5.41) is 1.69. The minimum absolute atomic E-state index is 0.373. The standard InChI is InChI=1S/C14H23N3O2S2/c15-13-9-14(20-11-13)21(18,19)17-7-3-12(4-8-17)10-16-5-1-2-6-16/h9,11-12H,1-8,10,15H2. The number of rotatable bonds is 4. The van der Waals surface area contributed by atoms with Gasteiger partial charge < -0.3 is 10.6 Å². The number of hydrogen-bond acceptors (Lipinski definition) is 5. The topological polar surface area (TPSA) is 66.6 Å². The molecule has 2 fully saturated rings. The summed E-state index contributed by atoms with van der Waals surface area (Å²) in [6.45, 7) is 4.84. The zero-order chi connectivity index (χ0) is 14.9. The van der Waals surface area contributed by atoms with Crippen molar-refractivity contribution < 1.29 is 8.42 Å². The fraction of sp³-hybridized carbons (Fsp3) is 0.714. The molecule has 118 valence electrons. The minimum atomic E-state index is -3.33. The molecule has 2 aliphatic heterocycles. The molecule has 2 aliphatic rings. The number of piperidine rings is 1. The highest BCUT2D eigenvalue weighted by Gasteiger charge is 2.31. The molecular formula is C14H23N3O2S2. The summed E-state index contributed by atoms with van der Waals surface area (Å²) in [5.74, 6) is 0.642. The fourth-order valence-corrected chi connectivity index (χ4v) is 5.96. The molecule has 0 unspecified atom stereocenters. The van der Waals surface area contributed by atoms with Crippen LogP contribution in [-0.2, 0) is 10.0 Å². The average Bonchev–Trinajstić information content (AvgIpc) is 3.11. The highest BCUT2D eigenvalue weighted by atomic mass is 32.2. The van der Waals surface area contributed by atoms with Gasteiger partial charge in [-0.25, -0.2) is 8.42 Å². The Balaban J connectivity index is 1.57. The first-order valence-corrected chi connectivity index (χ1v) is 9.94. The first-order chi connectivity index (χ1) is 10.1. The smallest absolute Gasteiger partial charge is 0.252 e. The van der Waals surface area contributed by atoms with Gasteiger partial charge in [0, 0.05) is 30.7 Å². The van der Waals surface area contributed by atoms with Crippen LogP contribution in [0, 0.1) is 5.92 Å². The summed E-state index contributed by atoms with van der Waals surface area (Å²) in [7, 11) is -3.33. The normalized spacial score (nSPS) is 22.9. The van der Waals surface area contributed by atoms with Gasteiger partial charge in [-0.1, -0.05) is 0 Å². The molecule has 2 saturated heterocycles. The Morgan fingerprint density at radius 3 is 2.43 bits per heavy atom. The van der Waals surface area contributed by atoms with Crippen LogP contribution in [0.15, 0.2) is 15.7 Å². The molecule has 21 heavy (non-hydrogen) atoms. The second-order valence-corrected chi connectivity index (χ2v) is 9.13. The van der Waals surface area contributed by atoms with E-state index in [-0.39, 0.29) is 0 Å². The Kier molecular flexibility index (Phi) is 4.54. The lowest BCUT2D eigenvalue weighted by Crippen LogP contribution is -2.40. The van der Waals surface area contributed by atoms with Gasteiger partial charge in [0.15, 0.2) is 0 Å². The number of likely N-dealkylation sites (tertiary alicyclic amines) is 1. The van der Waals surface area contributed by atoms with Crippen molar-refractivity contribution >= 4 is 27.0 Å². The Hall–Kier alpha value is -0.630. The summed E-state index contributed by atoms with van der Waals surface area (Å²) in [4.78, 5) is 2.52. The maximum atomic E-state index is 12.5. The molecule has 3 rings (SSSR count). The number of nitrogens with two attached hydrogens (primary N) is 1. The van der Waals surface area contributed by atoms with Crippen LogP contribution in [0.1, 0.15) is 25.7 Å².